The van der Waals surface area contributed by atoms with Gasteiger partial charge in [-0.25, -0.2) is 4.39 Å². The highest BCUT2D eigenvalue weighted by Gasteiger charge is 2.29. The molecule has 6 heteroatoms. The third-order valence-corrected chi connectivity index (χ3v) is 3.79. The topological polar surface area (TPSA) is 54.5 Å². The van der Waals surface area contributed by atoms with Crippen molar-refractivity contribution in [2.24, 2.45) is 0 Å². The Morgan fingerprint density at radius 1 is 1.35 bits per heavy atom. The second kappa shape index (κ2) is 7.19. The fourth-order valence-corrected chi connectivity index (χ4v) is 2.59. The van der Waals surface area contributed by atoms with Crippen LogP contribution in [0.15, 0.2) is 48.8 Å². The summed E-state index contributed by atoms with van der Waals surface area (Å²) in [6.07, 6.45) is 3.29. The van der Waals surface area contributed by atoms with Crippen molar-refractivity contribution in [2.45, 2.75) is 6.04 Å². The molecular formula is C17H18FN3O2. The summed E-state index contributed by atoms with van der Waals surface area (Å²) in [6.45, 7) is 2.15. The van der Waals surface area contributed by atoms with Crippen molar-refractivity contribution in [1.29, 1.82) is 0 Å². The van der Waals surface area contributed by atoms with Crippen LogP contribution in [-0.4, -0.2) is 48.1 Å². The van der Waals surface area contributed by atoms with Crippen LogP contribution in [-0.2, 0) is 0 Å². The first-order valence-corrected chi connectivity index (χ1v) is 7.55. The van der Waals surface area contributed by atoms with Crippen molar-refractivity contribution in [1.82, 2.24) is 15.2 Å². The van der Waals surface area contributed by atoms with Crippen LogP contribution in [0.2, 0.25) is 0 Å². The van der Waals surface area contributed by atoms with Crippen molar-refractivity contribution >= 4 is 5.91 Å². The molecule has 0 saturated carbocycles. The Labute approximate surface area is 134 Å². The van der Waals surface area contributed by atoms with Crippen LogP contribution in [0.25, 0.3) is 0 Å². The molecule has 1 aliphatic heterocycles. The van der Waals surface area contributed by atoms with Crippen LogP contribution in [0.3, 0.4) is 0 Å². The third kappa shape index (κ3) is 3.65. The lowest BCUT2D eigenvalue weighted by molar-refractivity contribution is 0.0554. The van der Waals surface area contributed by atoms with Crippen molar-refractivity contribution in [2.75, 3.05) is 26.2 Å². The van der Waals surface area contributed by atoms with Crippen LogP contribution in [0, 0.1) is 5.82 Å². The predicted octanol–water partition coefficient (Wildman–Crippen LogP) is 1.71. The lowest BCUT2D eigenvalue weighted by Gasteiger charge is -2.36. The fourth-order valence-electron chi connectivity index (χ4n) is 2.59. The summed E-state index contributed by atoms with van der Waals surface area (Å²) in [5.41, 5.74) is 0.0979. The van der Waals surface area contributed by atoms with Crippen LogP contribution in [0.5, 0.6) is 5.75 Å². The quantitative estimate of drug-likeness (QED) is 0.933. The number of carbonyl (C=O) groups excluding carboxylic acids is 1. The number of benzene rings is 1. The highest BCUT2D eigenvalue weighted by molar-refractivity contribution is 5.94. The Hall–Kier alpha value is -2.47. The molecule has 0 bridgehead atoms. The van der Waals surface area contributed by atoms with Gasteiger partial charge in [0.1, 0.15) is 18.2 Å². The van der Waals surface area contributed by atoms with Gasteiger partial charge in [0.15, 0.2) is 0 Å². The smallest absolute Gasteiger partial charge is 0.257 e. The molecule has 1 aromatic heterocycles. The second-order valence-electron chi connectivity index (χ2n) is 5.34. The van der Waals surface area contributed by atoms with Crippen molar-refractivity contribution < 1.29 is 13.9 Å². The molecule has 1 aliphatic rings. The van der Waals surface area contributed by atoms with E-state index in [4.69, 9.17) is 4.74 Å². The molecule has 1 fully saturated rings. The van der Waals surface area contributed by atoms with Gasteiger partial charge in [0.05, 0.1) is 17.8 Å². The van der Waals surface area contributed by atoms with E-state index in [0.29, 0.717) is 32.0 Å². The molecule has 1 N–H and O–H groups in total. The molecule has 0 aliphatic carbocycles. The van der Waals surface area contributed by atoms with E-state index in [1.165, 1.54) is 12.1 Å². The average Bonchev–Trinajstić information content (AvgIpc) is 2.61. The molecule has 1 saturated heterocycles. The Bertz CT molecular complexity index is 666. The van der Waals surface area contributed by atoms with Gasteiger partial charge in [-0.2, -0.15) is 0 Å². The van der Waals surface area contributed by atoms with Gasteiger partial charge in [-0.15, -0.1) is 0 Å². The number of nitrogens with zero attached hydrogens (tertiary/aromatic N) is 2. The zero-order valence-electron chi connectivity index (χ0n) is 12.6. The Morgan fingerprint density at radius 3 is 3.00 bits per heavy atom. The van der Waals surface area contributed by atoms with Crippen LogP contribution < -0.4 is 10.1 Å². The zero-order valence-corrected chi connectivity index (χ0v) is 12.6. The van der Waals surface area contributed by atoms with Gasteiger partial charge < -0.3 is 15.0 Å². The first-order chi connectivity index (χ1) is 11.3. The van der Waals surface area contributed by atoms with Crippen LogP contribution in [0.4, 0.5) is 4.39 Å². The largest absolute Gasteiger partial charge is 0.490 e. The standard InChI is InChI=1S/C17H18FN3O2/c18-16-6-2-1-5-15(16)17(22)21-9-8-20-10-13(21)12-23-14-4-3-7-19-11-14/h1-7,11,13,20H,8-10,12H2. The summed E-state index contributed by atoms with van der Waals surface area (Å²) in [6, 6.07) is 9.50. The van der Waals surface area contributed by atoms with Crippen LogP contribution in [0.1, 0.15) is 10.4 Å². The number of piperazine rings is 1. The minimum absolute atomic E-state index is 0.0979. The van der Waals surface area contributed by atoms with Gasteiger partial charge in [0.25, 0.3) is 5.91 Å². The van der Waals surface area contributed by atoms with Gasteiger partial charge >= 0.3 is 0 Å². The normalized spacial score (nSPS) is 17.8. The molecule has 5 nitrogen and oxygen atoms in total. The Balaban J connectivity index is 1.71. The first kappa shape index (κ1) is 15.4. The maximum Gasteiger partial charge on any atom is 0.257 e. The number of halogens is 1. The molecule has 23 heavy (non-hydrogen) atoms. The number of aromatic nitrogens is 1. The average molecular weight is 315 g/mol. The van der Waals surface area contributed by atoms with E-state index < -0.39 is 5.82 Å². The molecular weight excluding hydrogens is 297 g/mol. The minimum atomic E-state index is -0.497. The summed E-state index contributed by atoms with van der Waals surface area (Å²) < 4.78 is 19.6. The monoisotopic (exact) mass is 315 g/mol. The molecule has 2 heterocycles. The molecule has 1 aromatic carbocycles. The molecule has 0 spiro atoms. The fraction of sp³-hybridized carbons (Fsp3) is 0.294. The molecule has 1 atom stereocenters. The SMILES string of the molecule is O=C(c1ccccc1F)N1CCNCC1COc1cccnc1. The van der Waals surface area contributed by atoms with Gasteiger partial charge in [0, 0.05) is 25.8 Å². The molecule has 0 radical (unpaired) electrons. The number of ether oxygens (including phenoxy) is 1. The van der Waals surface area contributed by atoms with E-state index in [1.807, 2.05) is 6.07 Å². The van der Waals surface area contributed by atoms with E-state index in [9.17, 15) is 9.18 Å². The van der Waals surface area contributed by atoms with Crippen LogP contribution >= 0.6 is 0 Å². The lowest BCUT2D eigenvalue weighted by Crippen LogP contribution is -2.56. The van der Waals surface area contributed by atoms with E-state index in [1.54, 1.807) is 35.5 Å². The summed E-state index contributed by atoms with van der Waals surface area (Å²) in [4.78, 5) is 18.3. The number of rotatable bonds is 4. The number of pyridine rings is 1. The number of amides is 1. The Morgan fingerprint density at radius 2 is 2.22 bits per heavy atom. The summed E-state index contributed by atoms with van der Waals surface area (Å²) in [5, 5.41) is 3.24. The van der Waals surface area contributed by atoms with Crippen molar-refractivity contribution in [3.63, 3.8) is 0 Å². The zero-order chi connectivity index (χ0) is 16.1. The summed E-state index contributed by atoms with van der Waals surface area (Å²) >= 11 is 0. The lowest BCUT2D eigenvalue weighted by atomic mass is 10.1. The van der Waals surface area contributed by atoms with Gasteiger partial charge in [0.2, 0.25) is 0 Å². The number of hydrogen-bond donors (Lipinski definition) is 1. The highest BCUT2D eigenvalue weighted by Crippen LogP contribution is 2.15. The highest BCUT2D eigenvalue weighted by atomic mass is 19.1. The number of carbonyl (C=O) groups is 1. The third-order valence-electron chi connectivity index (χ3n) is 3.79. The maximum atomic E-state index is 13.9. The molecule has 1 unspecified atom stereocenters. The van der Waals surface area contributed by atoms with Gasteiger partial charge in [-0.1, -0.05) is 12.1 Å². The van der Waals surface area contributed by atoms with Gasteiger partial charge in [-0.05, 0) is 24.3 Å². The maximum absolute atomic E-state index is 13.9. The summed E-state index contributed by atoms with van der Waals surface area (Å²) in [7, 11) is 0. The minimum Gasteiger partial charge on any atom is -0.490 e. The molecule has 1 amide bonds. The number of nitrogens with one attached hydrogen (secondary N) is 1. The predicted molar refractivity (Wildman–Crippen MR) is 83.8 cm³/mol. The molecule has 3 rings (SSSR count). The summed E-state index contributed by atoms with van der Waals surface area (Å²) in [5.74, 6) is -0.149. The molecule has 120 valence electrons. The van der Waals surface area contributed by atoms with E-state index in [0.717, 1.165) is 0 Å². The molecule has 2 aromatic rings. The first-order valence-electron chi connectivity index (χ1n) is 7.55. The van der Waals surface area contributed by atoms with E-state index >= 15 is 0 Å². The van der Waals surface area contributed by atoms with Gasteiger partial charge in [-0.3, -0.25) is 9.78 Å². The number of hydrogen-bond acceptors (Lipinski definition) is 4. The Kier molecular flexibility index (Phi) is 4.83. The van der Waals surface area contributed by atoms with Crippen molar-refractivity contribution in [3.8, 4) is 5.75 Å². The second-order valence-corrected chi connectivity index (χ2v) is 5.34. The van der Waals surface area contributed by atoms with E-state index in [-0.39, 0.29) is 17.5 Å². The van der Waals surface area contributed by atoms with Crippen molar-refractivity contribution in [3.05, 3.63) is 60.2 Å². The van der Waals surface area contributed by atoms with E-state index in [2.05, 4.69) is 10.3 Å².